The molecule has 1 aliphatic carbocycles. The first-order chi connectivity index (χ1) is 18.0. The maximum absolute atomic E-state index is 13.2. The van der Waals surface area contributed by atoms with Crippen LogP contribution >= 0.6 is 0 Å². The quantitative estimate of drug-likeness (QED) is 0.357. The number of hydrogen-bond donors (Lipinski definition) is 1. The van der Waals surface area contributed by atoms with E-state index in [0.717, 1.165) is 17.7 Å². The molecule has 0 saturated heterocycles. The minimum Gasteiger partial charge on any atom is -0.507 e. The summed E-state index contributed by atoms with van der Waals surface area (Å²) in [7, 11) is 1.25. The number of carbonyl (C=O) groups is 3. The summed E-state index contributed by atoms with van der Waals surface area (Å²) in [6.07, 6.45) is 1.28. The van der Waals surface area contributed by atoms with Crippen LogP contribution in [0.25, 0.3) is 5.76 Å². The molecule has 0 fully saturated rings. The predicted octanol–water partition coefficient (Wildman–Crippen LogP) is 4.62. The Balaban J connectivity index is 1.47. The molecular formula is C30H26O7. The molecule has 1 atom stereocenters. The number of aliphatic hydroxyl groups excluding tert-OH is 1. The van der Waals surface area contributed by atoms with Crippen LogP contribution in [-0.4, -0.2) is 43.0 Å². The van der Waals surface area contributed by atoms with Crippen molar-refractivity contribution >= 4 is 23.3 Å². The SMILES string of the molecule is COC(=O)C[C@@H](C1=C(O)c2ccccc2C(=O)C1=O)c1ccccc1OCCc1ccc2c(c1)CCO2. The number of carbonyl (C=O) groups excluding carboxylic acids is 3. The fourth-order valence-corrected chi connectivity index (χ4v) is 4.90. The van der Waals surface area contributed by atoms with Crippen LogP contribution in [0.15, 0.2) is 72.3 Å². The second-order valence-electron chi connectivity index (χ2n) is 8.98. The Morgan fingerprint density at radius 2 is 1.76 bits per heavy atom. The van der Waals surface area contributed by atoms with Gasteiger partial charge in [-0.05, 0) is 23.3 Å². The van der Waals surface area contributed by atoms with Crippen LogP contribution in [-0.2, 0) is 27.2 Å². The van der Waals surface area contributed by atoms with E-state index in [0.29, 0.717) is 30.9 Å². The van der Waals surface area contributed by atoms with Crippen molar-refractivity contribution in [2.75, 3.05) is 20.3 Å². The second-order valence-corrected chi connectivity index (χ2v) is 8.98. The Morgan fingerprint density at radius 3 is 2.57 bits per heavy atom. The highest BCUT2D eigenvalue weighted by molar-refractivity contribution is 6.52. The number of rotatable bonds is 8. The lowest BCUT2D eigenvalue weighted by Gasteiger charge is -2.26. The van der Waals surface area contributed by atoms with Gasteiger partial charge in [-0.15, -0.1) is 0 Å². The van der Waals surface area contributed by atoms with Crippen molar-refractivity contribution in [3.8, 4) is 11.5 Å². The van der Waals surface area contributed by atoms with Crippen LogP contribution in [0.4, 0.5) is 0 Å². The molecule has 7 nitrogen and oxygen atoms in total. The van der Waals surface area contributed by atoms with Crippen molar-refractivity contribution in [2.24, 2.45) is 0 Å². The normalized spacial score (nSPS) is 15.1. The van der Waals surface area contributed by atoms with E-state index >= 15 is 0 Å². The number of ether oxygens (including phenoxy) is 3. The van der Waals surface area contributed by atoms with E-state index < -0.39 is 23.5 Å². The maximum atomic E-state index is 13.2. The number of Topliss-reactive ketones (excluding diaryl/α,β-unsaturated/α-hetero) is 2. The number of aliphatic hydroxyl groups is 1. The fourth-order valence-electron chi connectivity index (χ4n) is 4.90. The Labute approximate surface area is 214 Å². The van der Waals surface area contributed by atoms with E-state index in [2.05, 4.69) is 6.07 Å². The van der Waals surface area contributed by atoms with E-state index in [9.17, 15) is 19.5 Å². The lowest BCUT2D eigenvalue weighted by molar-refractivity contribution is -0.140. The zero-order chi connectivity index (χ0) is 25.9. The number of allylic oxidation sites excluding steroid dienone is 1. The third-order valence-electron chi connectivity index (χ3n) is 6.78. The van der Waals surface area contributed by atoms with Gasteiger partial charge in [-0.3, -0.25) is 14.4 Å². The maximum Gasteiger partial charge on any atom is 0.306 e. The third kappa shape index (κ3) is 4.72. The van der Waals surface area contributed by atoms with Gasteiger partial charge in [0.2, 0.25) is 11.6 Å². The molecule has 3 aromatic carbocycles. The molecule has 0 amide bonds. The monoisotopic (exact) mass is 498 g/mol. The highest BCUT2D eigenvalue weighted by Crippen LogP contribution is 2.41. The number of fused-ring (bicyclic) bond motifs is 2. The van der Waals surface area contributed by atoms with Gasteiger partial charge in [0.25, 0.3) is 0 Å². The van der Waals surface area contributed by atoms with Gasteiger partial charge in [0, 0.05) is 35.4 Å². The Bertz CT molecular complexity index is 1420. The lowest BCUT2D eigenvalue weighted by atomic mass is 9.78. The topological polar surface area (TPSA) is 99.1 Å². The Kier molecular flexibility index (Phi) is 6.77. The van der Waals surface area contributed by atoms with Crippen LogP contribution in [0, 0.1) is 0 Å². The van der Waals surface area contributed by atoms with Crippen molar-refractivity contribution in [2.45, 2.75) is 25.2 Å². The van der Waals surface area contributed by atoms with Crippen molar-refractivity contribution in [3.05, 3.63) is 100 Å². The molecule has 0 radical (unpaired) electrons. The molecule has 1 N–H and O–H groups in total. The van der Waals surface area contributed by atoms with Crippen LogP contribution in [0.1, 0.15) is 45.0 Å². The van der Waals surface area contributed by atoms with Crippen molar-refractivity contribution in [3.63, 3.8) is 0 Å². The molecule has 0 saturated carbocycles. The first-order valence-corrected chi connectivity index (χ1v) is 12.1. The Hall–Kier alpha value is -4.39. The fraction of sp³-hybridized carbons (Fsp3) is 0.233. The average Bonchev–Trinajstić information content (AvgIpc) is 3.39. The van der Waals surface area contributed by atoms with E-state index in [4.69, 9.17) is 14.2 Å². The summed E-state index contributed by atoms with van der Waals surface area (Å²) < 4.78 is 16.6. The standard InChI is InChI=1S/C30H26O7/c1-35-26(31)17-23(27-28(32)21-7-2-3-8-22(21)29(33)30(27)34)20-6-4-5-9-25(20)37-14-12-18-10-11-24-19(16-18)13-15-36-24/h2-11,16,23,32H,12-15,17H2,1H3/t23-/m1/s1. The molecule has 1 aliphatic heterocycles. The summed E-state index contributed by atoms with van der Waals surface area (Å²) in [6, 6.07) is 19.5. The summed E-state index contributed by atoms with van der Waals surface area (Å²) in [4.78, 5) is 38.5. The molecule has 0 bridgehead atoms. The minimum atomic E-state index is -0.939. The van der Waals surface area contributed by atoms with Crippen LogP contribution in [0.5, 0.6) is 11.5 Å². The summed E-state index contributed by atoms with van der Waals surface area (Å²) >= 11 is 0. The first-order valence-electron chi connectivity index (χ1n) is 12.1. The second kappa shape index (κ2) is 10.3. The molecule has 0 unspecified atom stereocenters. The highest BCUT2D eigenvalue weighted by Gasteiger charge is 2.39. The van der Waals surface area contributed by atoms with Crippen molar-refractivity contribution in [1.29, 1.82) is 0 Å². The number of para-hydroxylation sites is 1. The van der Waals surface area contributed by atoms with E-state index in [1.54, 1.807) is 42.5 Å². The molecular weight excluding hydrogens is 472 g/mol. The van der Waals surface area contributed by atoms with Gasteiger partial charge < -0.3 is 19.3 Å². The smallest absolute Gasteiger partial charge is 0.306 e. The average molecular weight is 499 g/mol. The molecule has 5 rings (SSSR count). The third-order valence-corrected chi connectivity index (χ3v) is 6.78. The van der Waals surface area contributed by atoms with Crippen molar-refractivity contribution < 1.29 is 33.7 Å². The highest BCUT2D eigenvalue weighted by atomic mass is 16.5. The Morgan fingerprint density at radius 1 is 1.00 bits per heavy atom. The van der Waals surface area contributed by atoms with Crippen LogP contribution < -0.4 is 9.47 Å². The van der Waals surface area contributed by atoms with Gasteiger partial charge >= 0.3 is 5.97 Å². The van der Waals surface area contributed by atoms with Crippen molar-refractivity contribution in [1.82, 2.24) is 0 Å². The molecule has 0 spiro atoms. The summed E-state index contributed by atoms with van der Waals surface area (Å²) in [5.74, 6) is -2.03. The summed E-state index contributed by atoms with van der Waals surface area (Å²) in [6.45, 7) is 1.04. The van der Waals surface area contributed by atoms with Gasteiger partial charge in [-0.25, -0.2) is 0 Å². The van der Waals surface area contributed by atoms with Crippen LogP contribution in [0.2, 0.25) is 0 Å². The van der Waals surface area contributed by atoms with Gasteiger partial charge in [0.05, 0.1) is 32.3 Å². The largest absolute Gasteiger partial charge is 0.507 e. The number of benzene rings is 3. The zero-order valence-electron chi connectivity index (χ0n) is 20.4. The molecule has 37 heavy (non-hydrogen) atoms. The van der Waals surface area contributed by atoms with Crippen LogP contribution in [0.3, 0.4) is 0 Å². The predicted molar refractivity (Wildman–Crippen MR) is 136 cm³/mol. The van der Waals surface area contributed by atoms with E-state index in [1.807, 2.05) is 12.1 Å². The molecule has 0 aromatic heterocycles. The molecule has 7 heteroatoms. The van der Waals surface area contributed by atoms with E-state index in [-0.39, 0.29) is 28.9 Å². The molecule has 188 valence electrons. The molecule has 1 heterocycles. The van der Waals surface area contributed by atoms with Gasteiger partial charge in [-0.1, -0.05) is 54.6 Å². The lowest BCUT2D eigenvalue weighted by Crippen LogP contribution is -2.28. The minimum absolute atomic E-state index is 0.134. The van der Waals surface area contributed by atoms with Gasteiger partial charge in [0.1, 0.15) is 17.3 Å². The number of ketones is 2. The van der Waals surface area contributed by atoms with Gasteiger partial charge in [-0.2, -0.15) is 0 Å². The number of esters is 1. The number of hydrogen-bond acceptors (Lipinski definition) is 7. The summed E-state index contributed by atoms with van der Waals surface area (Å²) in [5, 5.41) is 11.1. The van der Waals surface area contributed by atoms with Gasteiger partial charge in [0.15, 0.2) is 0 Å². The zero-order valence-corrected chi connectivity index (χ0v) is 20.4. The molecule has 2 aliphatic rings. The molecule has 3 aromatic rings. The number of methoxy groups -OCH3 is 1. The summed E-state index contributed by atoms with van der Waals surface area (Å²) in [5.41, 5.74) is 3.06. The van der Waals surface area contributed by atoms with E-state index in [1.165, 1.54) is 18.7 Å². The first kappa shape index (κ1) is 24.3.